The molecule has 0 bridgehead atoms. The molecule has 0 spiro atoms. The Labute approximate surface area is 242 Å². The van der Waals surface area contributed by atoms with Crippen LogP contribution in [0.4, 0.5) is 0 Å². The van der Waals surface area contributed by atoms with Gasteiger partial charge in [0.05, 0.1) is 27.7 Å². The average molecular weight is 534 g/mol. The number of nitrogens with zero attached hydrogens (tertiary/aromatic N) is 2. The van der Waals surface area contributed by atoms with Gasteiger partial charge in [0, 0.05) is 22.9 Å². The van der Waals surface area contributed by atoms with Gasteiger partial charge in [0.1, 0.15) is 7.05 Å². The third-order valence-corrected chi connectivity index (χ3v) is 8.89. The van der Waals surface area contributed by atoms with Crippen molar-refractivity contribution in [3.05, 3.63) is 119 Å². The zero-order valence-electron chi connectivity index (χ0n) is 25.1. The monoisotopic (exact) mass is 533 g/mol. The number of fused-ring (bicyclic) bond motifs is 5. The van der Waals surface area contributed by atoms with Crippen LogP contribution in [0.25, 0.3) is 60.4 Å². The molecule has 41 heavy (non-hydrogen) atoms. The highest BCUT2D eigenvalue weighted by Gasteiger charge is 2.26. The van der Waals surface area contributed by atoms with Gasteiger partial charge in [0.2, 0.25) is 11.2 Å². The molecule has 0 aliphatic rings. The van der Waals surface area contributed by atoms with Gasteiger partial charge in [-0.05, 0) is 84.5 Å². The van der Waals surface area contributed by atoms with Gasteiger partial charge >= 0.3 is 0 Å². The molecule has 0 atom stereocenters. The third kappa shape index (κ3) is 3.89. The maximum atomic E-state index is 2.48. The fourth-order valence-corrected chi connectivity index (χ4v) is 6.78. The van der Waals surface area contributed by atoms with Crippen LogP contribution in [0, 0.1) is 20.8 Å². The molecule has 7 aromatic rings. The number of aryl methyl sites for hydroxylation is 4. The van der Waals surface area contributed by atoms with Crippen LogP contribution in [-0.2, 0) is 12.5 Å². The van der Waals surface area contributed by atoms with Crippen LogP contribution in [0.15, 0.2) is 97.1 Å². The van der Waals surface area contributed by atoms with Crippen molar-refractivity contribution in [1.29, 1.82) is 0 Å². The second kappa shape index (κ2) is 9.04. The highest BCUT2D eigenvalue weighted by molar-refractivity contribution is 6.11. The highest BCUT2D eigenvalue weighted by atomic mass is 15.0. The summed E-state index contributed by atoms with van der Waals surface area (Å²) >= 11 is 0. The van der Waals surface area contributed by atoms with Gasteiger partial charge in [-0.2, -0.15) is 4.57 Å². The molecule has 0 N–H and O–H groups in total. The second-order valence-corrected chi connectivity index (χ2v) is 12.8. The van der Waals surface area contributed by atoms with E-state index in [1.54, 1.807) is 0 Å². The summed E-state index contributed by atoms with van der Waals surface area (Å²) in [5.41, 5.74) is 12.7. The van der Waals surface area contributed by atoms with Gasteiger partial charge in [-0.1, -0.05) is 80.4 Å². The Kier molecular flexibility index (Phi) is 5.63. The smallest absolute Gasteiger partial charge is 0.215 e. The van der Waals surface area contributed by atoms with E-state index in [1.807, 2.05) is 0 Å². The summed E-state index contributed by atoms with van der Waals surface area (Å²) in [7, 11) is 2.21. The molecule has 2 nitrogen and oxygen atoms in total. The summed E-state index contributed by atoms with van der Waals surface area (Å²) in [4.78, 5) is 0. The largest absolute Gasteiger partial charge is 0.308 e. The summed E-state index contributed by atoms with van der Waals surface area (Å²) < 4.78 is 4.86. The number of hydrogen-bond acceptors (Lipinski definition) is 0. The van der Waals surface area contributed by atoms with E-state index in [9.17, 15) is 0 Å². The number of hydrogen-bond donors (Lipinski definition) is 0. The van der Waals surface area contributed by atoms with Crippen molar-refractivity contribution in [2.24, 2.45) is 7.05 Å². The first-order chi connectivity index (χ1) is 19.6. The van der Waals surface area contributed by atoms with Crippen LogP contribution in [0.3, 0.4) is 0 Å². The maximum Gasteiger partial charge on any atom is 0.215 e. The Balaban J connectivity index is 1.64. The number of para-hydroxylation sites is 1. The Morgan fingerprint density at radius 2 is 1.15 bits per heavy atom. The van der Waals surface area contributed by atoms with E-state index in [-0.39, 0.29) is 5.41 Å². The number of benzene rings is 5. The van der Waals surface area contributed by atoms with Gasteiger partial charge in [0.15, 0.2) is 0 Å². The lowest BCUT2D eigenvalue weighted by Gasteiger charge is -2.24. The van der Waals surface area contributed by atoms with E-state index in [0.717, 1.165) is 0 Å². The molecule has 5 aromatic carbocycles. The highest BCUT2D eigenvalue weighted by Crippen LogP contribution is 2.40. The van der Waals surface area contributed by atoms with E-state index in [2.05, 4.69) is 155 Å². The molecule has 0 saturated heterocycles. The molecule has 0 saturated carbocycles. The van der Waals surface area contributed by atoms with E-state index in [1.165, 1.54) is 82.7 Å². The van der Waals surface area contributed by atoms with Gasteiger partial charge in [-0.25, -0.2) is 0 Å². The maximum absolute atomic E-state index is 2.48. The average Bonchev–Trinajstić information content (AvgIpc) is 3.26. The van der Waals surface area contributed by atoms with Crippen LogP contribution in [0.2, 0.25) is 0 Å². The molecule has 0 fully saturated rings. The van der Waals surface area contributed by atoms with Crippen LogP contribution < -0.4 is 4.57 Å². The van der Waals surface area contributed by atoms with Crippen molar-refractivity contribution in [2.45, 2.75) is 47.0 Å². The topological polar surface area (TPSA) is 8.81 Å². The molecule has 0 amide bonds. The zero-order chi connectivity index (χ0) is 28.6. The van der Waals surface area contributed by atoms with Crippen molar-refractivity contribution in [1.82, 2.24) is 4.57 Å². The minimum atomic E-state index is 0.0167. The van der Waals surface area contributed by atoms with Crippen LogP contribution in [0.1, 0.15) is 43.0 Å². The SMILES string of the molecule is Cc1ccc2c(c1)c1cc(C)ccc1n2-c1cc(-c2cc(C(C)(C)C)c3ccccc3c2C)[n+](C)c2ccccc12. The Morgan fingerprint density at radius 3 is 1.76 bits per heavy atom. The van der Waals surface area contributed by atoms with Crippen LogP contribution in [-0.4, -0.2) is 4.57 Å². The minimum Gasteiger partial charge on any atom is -0.308 e. The van der Waals surface area contributed by atoms with E-state index in [4.69, 9.17) is 0 Å². The first-order valence-corrected chi connectivity index (χ1v) is 14.6. The van der Waals surface area contributed by atoms with E-state index >= 15 is 0 Å². The zero-order valence-corrected chi connectivity index (χ0v) is 25.1. The minimum absolute atomic E-state index is 0.0167. The first-order valence-electron chi connectivity index (χ1n) is 14.6. The number of rotatable bonds is 2. The molecule has 2 heterocycles. The Morgan fingerprint density at radius 1 is 0.585 bits per heavy atom. The lowest BCUT2D eigenvalue weighted by atomic mass is 9.80. The molecular formula is C39H37N2+. The second-order valence-electron chi connectivity index (χ2n) is 12.8. The summed E-state index contributed by atoms with van der Waals surface area (Å²) in [6.07, 6.45) is 0. The Hall–Kier alpha value is -4.43. The molecule has 202 valence electrons. The van der Waals surface area contributed by atoms with Crippen molar-refractivity contribution in [3.63, 3.8) is 0 Å². The first kappa shape index (κ1) is 25.5. The van der Waals surface area contributed by atoms with Crippen LogP contribution >= 0.6 is 0 Å². The fraction of sp³-hybridized carbons (Fsp3) is 0.205. The van der Waals surface area contributed by atoms with Crippen LogP contribution in [0.5, 0.6) is 0 Å². The van der Waals surface area contributed by atoms with E-state index in [0.29, 0.717) is 0 Å². The van der Waals surface area contributed by atoms with Gasteiger partial charge in [-0.3, -0.25) is 0 Å². The van der Waals surface area contributed by atoms with Gasteiger partial charge < -0.3 is 4.57 Å². The molecule has 0 aliphatic carbocycles. The van der Waals surface area contributed by atoms with Crippen molar-refractivity contribution in [2.75, 3.05) is 0 Å². The summed E-state index contributed by atoms with van der Waals surface area (Å²) in [6.45, 7) is 13.6. The lowest BCUT2D eigenvalue weighted by molar-refractivity contribution is -0.633. The summed E-state index contributed by atoms with van der Waals surface area (Å²) in [5.74, 6) is 0. The van der Waals surface area contributed by atoms with Gasteiger partial charge in [0.25, 0.3) is 0 Å². The standard InChI is InChI=1S/C39H37N2/c1-24-16-18-35-31(20-24)32-21-25(2)17-19-36(32)41(35)38-23-37(40(7)34-15-11-10-14-29(34)38)30-22-33(39(4,5)6)28-13-9-8-12-27(28)26(30)3/h8-23H,1-7H3/q+1. The molecular weight excluding hydrogens is 496 g/mol. The third-order valence-electron chi connectivity index (χ3n) is 8.89. The quantitative estimate of drug-likeness (QED) is 0.196. The van der Waals surface area contributed by atoms with Crippen molar-refractivity contribution < 1.29 is 4.57 Å². The summed E-state index contributed by atoms with van der Waals surface area (Å²) in [5, 5.41) is 6.53. The number of pyridine rings is 1. The van der Waals surface area contributed by atoms with Crippen molar-refractivity contribution in [3.8, 4) is 16.9 Å². The van der Waals surface area contributed by atoms with E-state index < -0.39 is 0 Å². The fourth-order valence-electron chi connectivity index (χ4n) is 6.78. The van der Waals surface area contributed by atoms with Gasteiger partial charge in [-0.15, -0.1) is 0 Å². The molecule has 0 aliphatic heterocycles. The molecule has 0 radical (unpaired) electrons. The molecule has 2 heteroatoms. The van der Waals surface area contributed by atoms with Crippen molar-refractivity contribution >= 4 is 43.5 Å². The molecule has 0 unspecified atom stereocenters. The number of aromatic nitrogens is 2. The lowest BCUT2D eigenvalue weighted by Crippen LogP contribution is -2.33. The predicted molar refractivity (Wildman–Crippen MR) is 175 cm³/mol. The normalized spacial score (nSPS) is 12.3. The summed E-state index contributed by atoms with van der Waals surface area (Å²) in [6, 6.07) is 36.3. The Bertz CT molecular complexity index is 2110. The predicted octanol–water partition coefficient (Wildman–Crippen LogP) is 9.80. The molecule has 7 rings (SSSR count). The molecule has 2 aromatic heterocycles.